The summed E-state index contributed by atoms with van der Waals surface area (Å²) in [5.41, 5.74) is 14.9. The maximum Gasteiger partial charge on any atom is 0.142 e. The number of hydrogen-bond donors (Lipinski definition) is 0. The molecule has 1 aromatic heterocycles. The summed E-state index contributed by atoms with van der Waals surface area (Å²) in [7, 11) is 0. The van der Waals surface area contributed by atoms with Crippen molar-refractivity contribution >= 4 is 60.4 Å². The van der Waals surface area contributed by atoms with E-state index in [9.17, 15) is 0 Å². The van der Waals surface area contributed by atoms with Crippen LogP contribution in [0.1, 0.15) is 40.7 Å². The van der Waals surface area contributed by atoms with Crippen molar-refractivity contribution in [2.24, 2.45) is 0 Å². The highest BCUT2D eigenvalue weighted by Gasteiger charge is 2.47. The molecular formula is C57H37NO. The third-order valence-electron chi connectivity index (χ3n) is 12.7. The number of nitrogens with zero attached hydrogens (tertiary/aromatic N) is 1. The highest BCUT2D eigenvalue weighted by Crippen LogP contribution is 2.59. The molecule has 0 bridgehead atoms. The molecule has 276 valence electrons. The Morgan fingerprint density at radius 2 is 1.19 bits per heavy atom. The Bertz CT molecular complexity index is 3290. The molecular weight excluding hydrogens is 715 g/mol. The zero-order valence-corrected chi connectivity index (χ0v) is 32.3. The van der Waals surface area contributed by atoms with Crippen LogP contribution in [0.4, 0.5) is 11.4 Å². The molecule has 0 spiro atoms. The van der Waals surface area contributed by atoms with E-state index in [4.69, 9.17) is 4.42 Å². The number of fused-ring (bicyclic) bond motifs is 9. The second-order valence-electron chi connectivity index (χ2n) is 15.7. The van der Waals surface area contributed by atoms with Gasteiger partial charge in [-0.2, -0.15) is 0 Å². The summed E-state index contributed by atoms with van der Waals surface area (Å²) in [4.78, 5) is 2.55. The number of para-hydroxylation sites is 2. The zero-order chi connectivity index (χ0) is 38.9. The minimum atomic E-state index is -0.510. The van der Waals surface area contributed by atoms with E-state index in [1.165, 1.54) is 55.4 Å². The van der Waals surface area contributed by atoms with Gasteiger partial charge in [0.2, 0.25) is 0 Å². The predicted octanol–water partition coefficient (Wildman–Crippen LogP) is 14.8. The molecule has 0 amide bonds. The highest BCUT2D eigenvalue weighted by atomic mass is 16.3. The standard InChI is InChI=1S/C57H37NO/c1-3-18-41(19-4-1)57(42-20-5-2-6-21-42)49-27-11-9-24-48(49)55-50(57)28-15-30-52(55)58(51-29-13-17-40-33-32-38-16-7-8-22-44(38)54(40)51)43-36-34-39(35-37-43)45-25-14-26-47-46-23-10-12-31-53(46)59-56(45)47/h1-7,9-21,23-34,36H,35,37H2. The maximum atomic E-state index is 6.54. The van der Waals surface area contributed by atoms with Crippen LogP contribution < -0.4 is 4.90 Å². The van der Waals surface area contributed by atoms with Crippen molar-refractivity contribution in [3.05, 3.63) is 246 Å². The Balaban J connectivity index is 1.14. The van der Waals surface area contributed by atoms with E-state index >= 15 is 0 Å². The van der Waals surface area contributed by atoms with E-state index in [1.807, 2.05) is 12.1 Å². The number of benzene rings is 8. The molecule has 2 aliphatic rings. The number of rotatable bonds is 6. The van der Waals surface area contributed by atoms with Crippen LogP contribution in [0, 0.1) is 12.1 Å². The Kier molecular flexibility index (Phi) is 7.52. The summed E-state index contributed by atoms with van der Waals surface area (Å²) in [5, 5.41) is 6.89. The summed E-state index contributed by atoms with van der Waals surface area (Å²) in [5.74, 6) is 0. The number of allylic oxidation sites excluding steroid dienone is 4. The van der Waals surface area contributed by atoms with Crippen molar-refractivity contribution < 1.29 is 4.42 Å². The van der Waals surface area contributed by atoms with Gasteiger partial charge in [0.05, 0.1) is 16.8 Å². The Morgan fingerprint density at radius 1 is 0.508 bits per heavy atom. The Morgan fingerprint density at radius 3 is 2.02 bits per heavy atom. The van der Waals surface area contributed by atoms with E-state index in [1.54, 1.807) is 0 Å². The molecule has 2 nitrogen and oxygen atoms in total. The molecule has 0 saturated heterocycles. The van der Waals surface area contributed by atoms with Gasteiger partial charge in [-0.1, -0.05) is 176 Å². The lowest BCUT2D eigenvalue weighted by atomic mass is 9.68. The minimum absolute atomic E-state index is 0.510. The number of hydrogen-bond acceptors (Lipinski definition) is 2. The van der Waals surface area contributed by atoms with Gasteiger partial charge < -0.3 is 9.32 Å². The Hall–Kier alpha value is -7.60. The summed E-state index contributed by atoms with van der Waals surface area (Å²) in [6.45, 7) is 0. The van der Waals surface area contributed by atoms with Crippen molar-refractivity contribution in [1.29, 1.82) is 0 Å². The second-order valence-corrected chi connectivity index (χ2v) is 15.7. The lowest BCUT2D eigenvalue weighted by molar-refractivity contribution is 0.667. The van der Waals surface area contributed by atoms with Crippen LogP contribution in [-0.4, -0.2) is 0 Å². The summed E-state index contributed by atoms with van der Waals surface area (Å²) >= 11 is 0. The fraction of sp³-hybridized carbons (Fsp3) is 0.0526. The highest BCUT2D eigenvalue weighted by molar-refractivity contribution is 6.15. The van der Waals surface area contributed by atoms with Gasteiger partial charge in [0.15, 0.2) is 0 Å². The largest absolute Gasteiger partial charge is 0.455 e. The fourth-order valence-corrected chi connectivity index (χ4v) is 10.2. The van der Waals surface area contributed by atoms with Gasteiger partial charge in [0.1, 0.15) is 11.2 Å². The first-order valence-electron chi connectivity index (χ1n) is 20.5. The van der Waals surface area contributed by atoms with Crippen molar-refractivity contribution in [2.45, 2.75) is 18.3 Å². The van der Waals surface area contributed by atoms with Gasteiger partial charge >= 0.3 is 0 Å². The van der Waals surface area contributed by atoms with Gasteiger partial charge in [0, 0.05) is 38.4 Å². The van der Waals surface area contributed by atoms with Crippen molar-refractivity contribution in [1.82, 2.24) is 0 Å². The van der Waals surface area contributed by atoms with Crippen LogP contribution in [0.5, 0.6) is 0 Å². The van der Waals surface area contributed by atoms with Crippen molar-refractivity contribution in [3.8, 4) is 11.1 Å². The molecule has 0 radical (unpaired) electrons. The second kappa shape index (κ2) is 13.2. The first kappa shape index (κ1) is 33.5. The van der Waals surface area contributed by atoms with E-state index < -0.39 is 5.41 Å². The van der Waals surface area contributed by atoms with Crippen LogP contribution >= 0.6 is 0 Å². The van der Waals surface area contributed by atoms with Crippen molar-refractivity contribution in [2.75, 3.05) is 4.90 Å². The molecule has 2 aliphatic carbocycles. The molecule has 0 aliphatic heterocycles. The molecule has 0 atom stereocenters. The van der Waals surface area contributed by atoms with Gasteiger partial charge in [-0.15, -0.1) is 0 Å². The van der Waals surface area contributed by atoms with Crippen LogP contribution in [0.3, 0.4) is 0 Å². The summed E-state index contributed by atoms with van der Waals surface area (Å²) in [6.07, 6.45) is 6.38. The molecule has 0 fully saturated rings. The smallest absolute Gasteiger partial charge is 0.142 e. The van der Waals surface area contributed by atoms with E-state index in [0.717, 1.165) is 62.5 Å². The van der Waals surface area contributed by atoms with Gasteiger partial charge in [-0.25, -0.2) is 0 Å². The van der Waals surface area contributed by atoms with Crippen LogP contribution in [0.25, 0.3) is 60.2 Å². The summed E-state index contributed by atoms with van der Waals surface area (Å²) in [6, 6.07) is 75.1. The lowest BCUT2D eigenvalue weighted by Crippen LogP contribution is -2.28. The molecule has 10 aromatic rings. The maximum absolute atomic E-state index is 6.54. The van der Waals surface area contributed by atoms with E-state index in [2.05, 4.69) is 205 Å². The van der Waals surface area contributed by atoms with Gasteiger partial charge in [0.25, 0.3) is 0 Å². The molecule has 2 heteroatoms. The van der Waals surface area contributed by atoms with E-state index in [-0.39, 0.29) is 0 Å². The third-order valence-corrected chi connectivity index (χ3v) is 12.7. The van der Waals surface area contributed by atoms with Gasteiger partial charge in [-0.3, -0.25) is 0 Å². The molecule has 0 unspecified atom stereocenters. The van der Waals surface area contributed by atoms with Gasteiger partial charge in [-0.05, 0) is 93.4 Å². The molecule has 12 rings (SSSR count). The third kappa shape index (κ3) is 4.95. The van der Waals surface area contributed by atoms with Crippen LogP contribution in [-0.2, 0) is 5.41 Å². The Labute approximate surface area is 343 Å². The monoisotopic (exact) mass is 751 g/mol. The topological polar surface area (TPSA) is 16.4 Å². The first-order chi connectivity index (χ1) is 29.3. The molecule has 1 heterocycles. The molecule has 59 heavy (non-hydrogen) atoms. The lowest BCUT2D eigenvalue weighted by Gasteiger charge is -2.35. The number of furan rings is 1. The zero-order valence-electron chi connectivity index (χ0n) is 32.3. The summed E-state index contributed by atoms with van der Waals surface area (Å²) < 4.78 is 6.54. The quantitative estimate of drug-likeness (QED) is 0.168. The van der Waals surface area contributed by atoms with E-state index in [0.29, 0.717) is 0 Å². The number of anilines is 2. The minimum Gasteiger partial charge on any atom is -0.455 e. The van der Waals surface area contributed by atoms with Crippen LogP contribution in [0.15, 0.2) is 210 Å². The average molecular weight is 752 g/mol. The average Bonchev–Trinajstić information content (AvgIpc) is 3.85. The molecule has 0 N–H and O–H groups in total. The first-order valence-corrected chi connectivity index (χ1v) is 20.5. The molecule has 9 aromatic carbocycles. The SMILES string of the molecule is c1ccc2ccc3cccc(N(C4=CC=C(c5cccc6c5oc5ccccc56)CC4)c4cccc5c4-c4ccccc4C5(c4ccccc4)c4ccccc4)c3c2c#1. The predicted molar refractivity (Wildman–Crippen MR) is 244 cm³/mol. The van der Waals surface area contributed by atoms with Crippen molar-refractivity contribution in [3.63, 3.8) is 0 Å². The molecule has 0 saturated carbocycles. The normalized spacial score (nSPS) is 14.2. The fourth-order valence-electron chi connectivity index (χ4n) is 10.2. The van der Waals surface area contributed by atoms with Crippen LogP contribution in [0.2, 0.25) is 0 Å².